The van der Waals surface area contributed by atoms with E-state index in [4.69, 9.17) is 16.3 Å². The van der Waals surface area contributed by atoms with E-state index >= 15 is 0 Å². The van der Waals surface area contributed by atoms with E-state index in [0.717, 1.165) is 30.9 Å². The van der Waals surface area contributed by atoms with Gasteiger partial charge < -0.3 is 25.6 Å². The van der Waals surface area contributed by atoms with Crippen molar-refractivity contribution in [1.29, 1.82) is 0 Å². The molecular formula is C22H28ClN5O2. The molecule has 0 bridgehead atoms. The first-order chi connectivity index (χ1) is 14.6. The van der Waals surface area contributed by atoms with Gasteiger partial charge in [0.1, 0.15) is 5.75 Å². The van der Waals surface area contributed by atoms with E-state index in [9.17, 15) is 4.79 Å². The number of hydrogen-bond acceptors (Lipinski definition) is 4. The lowest BCUT2D eigenvalue weighted by Crippen LogP contribution is -2.46. The van der Waals surface area contributed by atoms with E-state index in [1.807, 2.05) is 36.4 Å². The lowest BCUT2D eigenvalue weighted by Gasteiger charge is -2.22. The molecule has 1 saturated heterocycles. The van der Waals surface area contributed by atoms with E-state index in [0.29, 0.717) is 29.6 Å². The van der Waals surface area contributed by atoms with E-state index in [1.165, 1.54) is 0 Å². The zero-order valence-corrected chi connectivity index (χ0v) is 18.1. The highest BCUT2D eigenvalue weighted by Crippen LogP contribution is 2.33. The Balaban J connectivity index is 1.44. The number of nitrogens with one attached hydrogen (secondary N) is 3. The third-order valence-corrected chi connectivity index (χ3v) is 5.21. The molecule has 1 aliphatic heterocycles. The van der Waals surface area contributed by atoms with Gasteiger partial charge in [0.15, 0.2) is 5.96 Å². The van der Waals surface area contributed by atoms with Crippen molar-refractivity contribution in [2.24, 2.45) is 4.99 Å². The first-order valence-electron chi connectivity index (χ1n) is 9.99. The number of methoxy groups -OCH3 is 1. The number of aliphatic imine (C=N–C) groups is 1. The molecule has 7 nitrogen and oxygen atoms in total. The van der Waals surface area contributed by atoms with Crippen LogP contribution in [-0.4, -0.2) is 58.2 Å². The second-order valence-electron chi connectivity index (χ2n) is 7.01. The number of carbonyl (C=O) groups is 1. The number of amides is 1. The van der Waals surface area contributed by atoms with Gasteiger partial charge in [0.05, 0.1) is 12.8 Å². The van der Waals surface area contributed by atoms with Gasteiger partial charge in [-0.3, -0.25) is 9.79 Å². The van der Waals surface area contributed by atoms with Crippen molar-refractivity contribution in [3.63, 3.8) is 0 Å². The molecule has 160 valence electrons. The van der Waals surface area contributed by atoms with Crippen LogP contribution in [0.3, 0.4) is 0 Å². The van der Waals surface area contributed by atoms with E-state index < -0.39 is 0 Å². The summed E-state index contributed by atoms with van der Waals surface area (Å²) in [6, 6.07) is 15.1. The third kappa shape index (κ3) is 5.79. The van der Waals surface area contributed by atoms with Crippen LogP contribution < -0.4 is 25.6 Å². The number of benzene rings is 2. The highest BCUT2D eigenvalue weighted by molar-refractivity contribution is 6.30. The number of guanidine groups is 1. The molecule has 1 amide bonds. The summed E-state index contributed by atoms with van der Waals surface area (Å²) >= 11 is 6.17. The molecule has 3 N–H and O–H groups in total. The van der Waals surface area contributed by atoms with Gasteiger partial charge in [-0.25, -0.2) is 0 Å². The lowest BCUT2D eigenvalue weighted by molar-refractivity contribution is 0.0954. The van der Waals surface area contributed by atoms with Crippen LogP contribution in [-0.2, 0) is 0 Å². The predicted octanol–water partition coefficient (Wildman–Crippen LogP) is 2.52. The van der Waals surface area contributed by atoms with Gasteiger partial charge in [-0.05, 0) is 36.8 Å². The number of carbonyl (C=O) groups excluding carboxylic acids is 1. The Bertz CT molecular complexity index is 875. The molecule has 0 saturated carbocycles. The molecule has 1 heterocycles. The number of ether oxygens (including phenoxy) is 1. The molecule has 0 aromatic heterocycles. The smallest absolute Gasteiger partial charge is 0.251 e. The number of hydrogen-bond donors (Lipinski definition) is 3. The molecule has 0 spiro atoms. The van der Waals surface area contributed by atoms with Crippen molar-refractivity contribution < 1.29 is 9.53 Å². The number of rotatable bonds is 7. The Morgan fingerprint density at radius 3 is 2.70 bits per heavy atom. The largest absolute Gasteiger partial charge is 0.495 e. The summed E-state index contributed by atoms with van der Waals surface area (Å²) in [7, 11) is 3.41. The van der Waals surface area contributed by atoms with Crippen molar-refractivity contribution >= 4 is 29.2 Å². The van der Waals surface area contributed by atoms with E-state index in [2.05, 4.69) is 25.8 Å². The topological polar surface area (TPSA) is 78.0 Å². The molecule has 30 heavy (non-hydrogen) atoms. The minimum atomic E-state index is -0.0812. The Morgan fingerprint density at radius 2 is 1.97 bits per heavy atom. The Morgan fingerprint density at radius 1 is 1.20 bits per heavy atom. The van der Waals surface area contributed by atoms with Crippen molar-refractivity contribution in [2.45, 2.75) is 12.5 Å². The van der Waals surface area contributed by atoms with Crippen LogP contribution in [0.5, 0.6) is 5.75 Å². The van der Waals surface area contributed by atoms with Crippen molar-refractivity contribution in [3.05, 3.63) is 59.1 Å². The van der Waals surface area contributed by atoms with Gasteiger partial charge >= 0.3 is 0 Å². The summed E-state index contributed by atoms with van der Waals surface area (Å²) < 4.78 is 5.48. The summed E-state index contributed by atoms with van der Waals surface area (Å²) in [6.45, 7) is 2.81. The van der Waals surface area contributed by atoms with Gasteiger partial charge in [0, 0.05) is 49.9 Å². The van der Waals surface area contributed by atoms with Crippen LogP contribution in [0.15, 0.2) is 53.5 Å². The predicted molar refractivity (Wildman–Crippen MR) is 122 cm³/mol. The number of anilines is 1. The third-order valence-electron chi connectivity index (χ3n) is 4.97. The molecule has 3 rings (SSSR count). The maximum absolute atomic E-state index is 12.1. The zero-order valence-electron chi connectivity index (χ0n) is 17.3. The lowest BCUT2D eigenvalue weighted by atomic mass is 10.2. The summed E-state index contributed by atoms with van der Waals surface area (Å²) in [4.78, 5) is 18.6. The molecular weight excluding hydrogens is 402 g/mol. The first-order valence-corrected chi connectivity index (χ1v) is 10.4. The standard InChI is InChI=1S/C22H28ClN5O2/c1-24-22(26-12-11-25-21(29)16-6-4-3-5-7-16)27-18-10-13-28(15-18)19-14-17(23)8-9-20(19)30-2/h3-9,14,18H,10-13,15H2,1-2H3,(H,25,29)(H2,24,26,27). The average molecular weight is 430 g/mol. The van der Waals surface area contributed by atoms with Crippen molar-refractivity contribution in [3.8, 4) is 5.75 Å². The molecule has 8 heteroatoms. The van der Waals surface area contributed by atoms with E-state index in [1.54, 1.807) is 26.3 Å². The minimum Gasteiger partial charge on any atom is -0.495 e. The van der Waals surface area contributed by atoms with Crippen LogP contribution in [0.2, 0.25) is 5.02 Å². The number of halogens is 1. The van der Waals surface area contributed by atoms with Gasteiger partial charge in [0.2, 0.25) is 0 Å². The van der Waals surface area contributed by atoms with Crippen LogP contribution >= 0.6 is 11.6 Å². The molecule has 2 aromatic rings. The molecule has 0 radical (unpaired) electrons. The number of nitrogens with zero attached hydrogens (tertiary/aromatic N) is 2. The second kappa shape index (κ2) is 10.7. The quantitative estimate of drug-likeness (QED) is 0.358. The maximum Gasteiger partial charge on any atom is 0.251 e. The van der Waals surface area contributed by atoms with Crippen LogP contribution in [0.1, 0.15) is 16.8 Å². The Kier molecular flexibility index (Phi) is 7.79. The molecule has 1 fully saturated rings. The average Bonchev–Trinajstić information content (AvgIpc) is 3.24. The van der Waals surface area contributed by atoms with Crippen LogP contribution in [0.4, 0.5) is 5.69 Å². The minimum absolute atomic E-state index is 0.0812. The summed E-state index contributed by atoms with van der Waals surface area (Å²) in [6.07, 6.45) is 0.973. The SMILES string of the molecule is CN=C(NCCNC(=O)c1ccccc1)NC1CCN(c2cc(Cl)ccc2OC)C1. The fourth-order valence-corrected chi connectivity index (χ4v) is 3.61. The molecule has 1 aliphatic rings. The second-order valence-corrected chi connectivity index (χ2v) is 7.45. The fourth-order valence-electron chi connectivity index (χ4n) is 3.44. The van der Waals surface area contributed by atoms with Gasteiger partial charge in [-0.2, -0.15) is 0 Å². The molecule has 2 aromatic carbocycles. The summed E-state index contributed by atoms with van der Waals surface area (Å²) in [5.74, 6) is 1.45. The van der Waals surface area contributed by atoms with Crippen LogP contribution in [0.25, 0.3) is 0 Å². The Hall–Kier alpha value is -2.93. The van der Waals surface area contributed by atoms with Gasteiger partial charge in [-0.15, -0.1) is 0 Å². The van der Waals surface area contributed by atoms with Gasteiger partial charge in [0.25, 0.3) is 5.91 Å². The Labute approximate surface area is 182 Å². The zero-order chi connectivity index (χ0) is 21.3. The first kappa shape index (κ1) is 21.8. The molecule has 1 unspecified atom stereocenters. The summed E-state index contributed by atoms with van der Waals surface area (Å²) in [5, 5.41) is 10.3. The van der Waals surface area contributed by atoms with Crippen molar-refractivity contribution in [1.82, 2.24) is 16.0 Å². The maximum atomic E-state index is 12.1. The van der Waals surface area contributed by atoms with Crippen molar-refractivity contribution in [2.75, 3.05) is 45.2 Å². The normalized spacial score (nSPS) is 16.3. The highest BCUT2D eigenvalue weighted by atomic mass is 35.5. The van der Waals surface area contributed by atoms with E-state index in [-0.39, 0.29) is 11.9 Å². The monoisotopic (exact) mass is 429 g/mol. The highest BCUT2D eigenvalue weighted by Gasteiger charge is 2.25. The molecule has 0 aliphatic carbocycles. The fraction of sp³-hybridized carbons (Fsp3) is 0.364. The van der Waals surface area contributed by atoms with Gasteiger partial charge in [-0.1, -0.05) is 29.8 Å². The van der Waals surface area contributed by atoms with Crippen LogP contribution in [0, 0.1) is 0 Å². The summed E-state index contributed by atoms with van der Waals surface area (Å²) in [5.41, 5.74) is 1.66. The molecule has 1 atom stereocenters.